The van der Waals surface area contributed by atoms with Crippen molar-refractivity contribution < 1.29 is 0 Å². The molecular formula is C14H20N4. The van der Waals surface area contributed by atoms with Crippen LogP contribution in [0.2, 0.25) is 0 Å². The van der Waals surface area contributed by atoms with Gasteiger partial charge in [0.15, 0.2) is 0 Å². The Morgan fingerprint density at radius 1 is 1.22 bits per heavy atom. The summed E-state index contributed by atoms with van der Waals surface area (Å²) in [7, 11) is 0. The second-order valence-electron chi connectivity index (χ2n) is 4.94. The molecule has 0 saturated heterocycles. The number of nitrogens with zero attached hydrogens (tertiary/aromatic N) is 3. The lowest BCUT2D eigenvalue weighted by Gasteiger charge is -2.21. The predicted molar refractivity (Wildman–Crippen MR) is 73.0 cm³/mol. The van der Waals surface area contributed by atoms with Crippen molar-refractivity contribution in [3.8, 4) is 11.3 Å². The van der Waals surface area contributed by atoms with Crippen LogP contribution in [0.1, 0.15) is 26.3 Å². The van der Waals surface area contributed by atoms with Gasteiger partial charge in [0.25, 0.3) is 0 Å². The third-order valence-corrected chi connectivity index (χ3v) is 3.05. The van der Waals surface area contributed by atoms with Gasteiger partial charge in [-0.2, -0.15) is 0 Å². The Bertz CT molecular complexity index is 476. The maximum Gasteiger partial charge on any atom is 0.0954 e. The highest BCUT2D eigenvalue weighted by Gasteiger charge is 2.15. The number of pyridine rings is 1. The molecule has 2 aromatic heterocycles. The highest BCUT2D eigenvalue weighted by Crippen LogP contribution is 2.25. The molecule has 0 amide bonds. The fourth-order valence-corrected chi connectivity index (χ4v) is 2.21. The first kappa shape index (κ1) is 12.8. The first-order chi connectivity index (χ1) is 8.72. The zero-order chi connectivity index (χ0) is 13.0. The van der Waals surface area contributed by atoms with Gasteiger partial charge in [-0.25, -0.2) is 4.98 Å². The normalized spacial score (nSPS) is 12.9. The SMILES string of the molecule is CC(C)CC(CN)n1cncc1-c1ccncc1. The van der Waals surface area contributed by atoms with E-state index < -0.39 is 0 Å². The quantitative estimate of drug-likeness (QED) is 0.879. The van der Waals surface area contributed by atoms with Crippen LogP contribution in [0.3, 0.4) is 0 Å². The molecule has 0 aliphatic rings. The molecule has 1 unspecified atom stereocenters. The first-order valence-corrected chi connectivity index (χ1v) is 6.34. The molecule has 0 aliphatic heterocycles. The summed E-state index contributed by atoms with van der Waals surface area (Å²) in [6.07, 6.45) is 8.41. The monoisotopic (exact) mass is 244 g/mol. The van der Waals surface area contributed by atoms with Crippen molar-refractivity contribution in [2.75, 3.05) is 6.54 Å². The summed E-state index contributed by atoms with van der Waals surface area (Å²) >= 11 is 0. The maximum absolute atomic E-state index is 5.90. The lowest BCUT2D eigenvalue weighted by molar-refractivity contribution is 0.410. The Morgan fingerprint density at radius 2 is 1.94 bits per heavy atom. The molecule has 4 heteroatoms. The van der Waals surface area contributed by atoms with Crippen LogP contribution in [0.25, 0.3) is 11.3 Å². The Morgan fingerprint density at radius 3 is 2.56 bits per heavy atom. The average molecular weight is 244 g/mol. The molecular weight excluding hydrogens is 224 g/mol. The number of nitrogens with two attached hydrogens (primary N) is 1. The van der Waals surface area contributed by atoms with Gasteiger partial charge >= 0.3 is 0 Å². The van der Waals surface area contributed by atoms with Gasteiger partial charge in [-0.05, 0) is 24.5 Å². The summed E-state index contributed by atoms with van der Waals surface area (Å²) in [6.45, 7) is 5.06. The van der Waals surface area contributed by atoms with E-state index in [-0.39, 0.29) is 0 Å². The van der Waals surface area contributed by atoms with Crippen molar-refractivity contribution in [1.29, 1.82) is 0 Å². The summed E-state index contributed by atoms with van der Waals surface area (Å²) in [4.78, 5) is 8.31. The fourth-order valence-electron chi connectivity index (χ4n) is 2.21. The maximum atomic E-state index is 5.90. The molecule has 0 bridgehead atoms. The molecule has 0 aromatic carbocycles. The molecule has 2 heterocycles. The molecule has 96 valence electrons. The molecule has 4 nitrogen and oxygen atoms in total. The van der Waals surface area contributed by atoms with E-state index in [4.69, 9.17) is 5.73 Å². The summed E-state index contributed by atoms with van der Waals surface area (Å²) in [5.74, 6) is 0.617. The molecule has 2 rings (SSSR count). The van der Waals surface area contributed by atoms with Gasteiger partial charge in [-0.15, -0.1) is 0 Å². The van der Waals surface area contributed by atoms with Gasteiger partial charge in [-0.1, -0.05) is 13.8 Å². The van der Waals surface area contributed by atoms with E-state index in [0.29, 0.717) is 18.5 Å². The van der Waals surface area contributed by atoms with E-state index in [1.54, 1.807) is 12.4 Å². The van der Waals surface area contributed by atoms with Gasteiger partial charge < -0.3 is 10.3 Å². The van der Waals surface area contributed by atoms with Gasteiger partial charge in [0.1, 0.15) is 0 Å². The summed E-state index contributed by atoms with van der Waals surface area (Å²) < 4.78 is 2.18. The van der Waals surface area contributed by atoms with Crippen molar-refractivity contribution >= 4 is 0 Å². The zero-order valence-electron chi connectivity index (χ0n) is 11.0. The van der Waals surface area contributed by atoms with E-state index >= 15 is 0 Å². The highest BCUT2D eigenvalue weighted by atomic mass is 15.1. The Balaban J connectivity index is 2.32. The lowest BCUT2D eigenvalue weighted by atomic mass is 10.0. The molecule has 0 aliphatic carbocycles. The van der Waals surface area contributed by atoms with Crippen LogP contribution >= 0.6 is 0 Å². The number of imidazole rings is 1. The van der Waals surface area contributed by atoms with Gasteiger partial charge in [0.2, 0.25) is 0 Å². The van der Waals surface area contributed by atoms with Gasteiger partial charge in [0.05, 0.1) is 18.2 Å². The number of hydrogen-bond donors (Lipinski definition) is 1. The summed E-state index contributed by atoms with van der Waals surface area (Å²) in [5.41, 5.74) is 8.13. The van der Waals surface area contributed by atoms with E-state index in [1.165, 1.54) is 0 Å². The van der Waals surface area contributed by atoms with Crippen molar-refractivity contribution in [3.63, 3.8) is 0 Å². The minimum atomic E-state index is 0.302. The number of rotatable bonds is 5. The van der Waals surface area contributed by atoms with Crippen LogP contribution in [0.15, 0.2) is 37.1 Å². The molecule has 18 heavy (non-hydrogen) atoms. The van der Waals surface area contributed by atoms with Crippen molar-refractivity contribution in [2.24, 2.45) is 11.7 Å². The molecule has 2 N–H and O–H groups in total. The molecule has 1 atom stereocenters. The van der Waals surface area contributed by atoms with E-state index in [2.05, 4.69) is 28.4 Å². The zero-order valence-corrected chi connectivity index (χ0v) is 11.0. The Labute approximate surface area is 108 Å². The third-order valence-electron chi connectivity index (χ3n) is 3.05. The number of aromatic nitrogens is 3. The largest absolute Gasteiger partial charge is 0.328 e. The van der Waals surface area contributed by atoms with E-state index in [0.717, 1.165) is 17.7 Å². The van der Waals surface area contributed by atoms with Crippen LogP contribution < -0.4 is 5.73 Å². The van der Waals surface area contributed by atoms with Crippen LogP contribution in [0.5, 0.6) is 0 Å². The Hall–Kier alpha value is -1.68. The van der Waals surface area contributed by atoms with Crippen molar-refractivity contribution in [1.82, 2.24) is 14.5 Å². The second-order valence-corrected chi connectivity index (χ2v) is 4.94. The van der Waals surface area contributed by atoms with E-state index in [1.807, 2.05) is 24.7 Å². The first-order valence-electron chi connectivity index (χ1n) is 6.34. The third kappa shape index (κ3) is 2.76. The second kappa shape index (κ2) is 5.78. The molecule has 0 saturated carbocycles. The summed E-state index contributed by atoms with van der Waals surface area (Å²) in [5, 5.41) is 0. The minimum absolute atomic E-state index is 0.302. The van der Waals surface area contributed by atoms with Crippen molar-refractivity contribution in [2.45, 2.75) is 26.3 Å². The van der Waals surface area contributed by atoms with Crippen molar-refractivity contribution in [3.05, 3.63) is 37.1 Å². The van der Waals surface area contributed by atoms with Gasteiger partial charge in [-0.3, -0.25) is 4.98 Å². The van der Waals surface area contributed by atoms with Crippen LogP contribution in [-0.4, -0.2) is 21.1 Å². The molecule has 0 spiro atoms. The summed E-state index contributed by atoms with van der Waals surface area (Å²) in [6, 6.07) is 4.29. The minimum Gasteiger partial charge on any atom is -0.328 e. The van der Waals surface area contributed by atoms with E-state index in [9.17, 15) is 0 Å². The standard InChI is InChI=1S/C14H20N4/c1-11(2)7-13(8-15)18-10-17-9-14(18)12-3-5-16-6-4-12/h3-6,9-11,13H,7-8,15H2,1-2H3. The topological polar surface area (TPSA) is 56.7 Å². The van der Waals surface area contributed by atoms with Crippen LogP contribution in [0.4, 0.5) is 0 Å². The van der Waals surface area contributed by atoms with Crippen LogP contribution in [-0.2, 0) is 0 Å². The van der Waals surface area contributed by atoms with Gasteiger partial charge in [0, 0.05) is 30.5 Å². The molecule has 2 aromatic rings. The fraction of sp³-hybridized carbons (Fsp3) is 0.429. The average Bonchev–Trinajstić information content (AvgIpc) is 2.86. The molecule has 0 radical (unpaired) electrons. The smallest absolute Gasteiger partial charge is 0.0954 e. The predicted octanol–water partition coefficient (Wildman–Crippen LogP) is 2.49. The molecule has 0 fully saturated rings. The Kier molecular flexibility index (Phi) is 4.10. The highest BCUT2D eigenvalue weighted by molar-refractivity contribution is 5.58. The number of hydrogen-bond acceptors (Lipinski definition) is 3. The lowest BCUT2D eigenvalue weighted by Crippen LogP contribution is -2.21. The van der Waals surface area contributed by atoms with Crippen LogP contribution in [0, 0.1) is 5.92 Å².